The highest BCUT2D eigenvalue weighted by Crippen LogP contribution is 2.62. The van der Waals surface area contributed by atoms with Crippen molar-refractivity contribution in [3.05, 3.63) is 0 Å². The molecular formula is C12H22. The van der Waals surface area contributed by atoms with Crippen LogP contribution in [0.5, 0.6) is 0 Å². The lowest BCUT2D eigenvalue weighted by Gasteiger charge is -2.37. The second kappa shape index (κ2) is 2.75. The molecule has 0 radical (unpaired) electrons. The van der Waals surface area contributed by atoms with Crippen LogP contribution in [0.25, 0.3) is 0 Å². The van der Waals surface area contributed by atoms with Crippen molar-refractivity contribution in [1.82, 2.24) is 0 Å². The Balaban J connectivity index is 2.05. The zero-order valence-corrected chi connectivity index (χ0v) is 8.77. The summed E-state index contributed by atoms with van der Waals surface area (Å²) in [5.41, 5.74) is 0.839. The molecular weight excluding hydrogens is 144 g/mol. The van der Waals surface area contributed by atoms with Crippen molar-refractivity contribution in [3.8, 4) is 0 Å². The average Bonchev–Trinajstić information content (AvgIpc) is 2.68. The Labute approximate surface area is 76.7 Å². The van der Waals surface area contributed by atoms with Gasteiger partial charge in [-0.1, -0.05) is 27.2 Å². The largest absolute Gasteiger partial charge is 0.0625 e. The third-order valence-electron chi connectivity index (χ3n) is 4.21. The first-order valence-electron chi connectivity index (χ1n) is 5.64. The van der Waals surface area contributed by atoms with Gasteiger partial charge in [0.1, 0.15) is 0 Å². The van der Waals surface area contributed by atoms with Gasteiger partial charge in [0, 0.05) is 0 Å². The third kappa shape index (κ3) is 1.30. The van der Waals surface area contributed by atoms with Crippen LogP contribution in [0.1, 0.15) is 52.9 Å². The van der Waals surface area contributed by atoms with Crippen LogP contribution in [0.2, 0.25) is 0 Å². The summed E-state index contributed by atoms with van der Waals surface area (Å²) in [4.78, 5) is 0. The van der Waals surface area contributed by atoms with Crippen LogP contribution in [-0.4, -0.2) is 0 Å². The molecule has 0 aromatic heterocycles. The van der Waals surface area contributed by atoms with Crippen LogP contribution in [0.15, 0.2) is 0 Å². The van der Waals surface area contributed by atoms with E-state index in [1.54, 1.807) is 12.8 Å². The predicted molar refractivity (Wildman–Crippen MR) is 53.0 cm³/mol. The molecule has 2 fully saturated rings. The maximum atomic E-state index is 2.44. The fourth-order valence-corrected chi connectivity index (χ4v) is 3.49. The Morgan fingerprint density at radius 3 is 2.33 bits per heavy atom. The van der Waals surface area contributed by atoms with Gasteiger partial charge in [0.15, 0.2) is 0 Å². The van der Waals surface area contributed by atoms with Crippen molar-refractivity contribution in [3.63, 3.8) is 0 Å². The van der Waals surface area contributed by atoms with Gasteiger partial charge in [0.2, 0.25) is 0 Å². The molecule has 0 N–H and O–H groups in total. The Kier molecular flexibility index (Phi) is 1.97. The van der Waals surface area contributed by atoms with E-state index in [1.807, 2.05) is 0 Å². The lowest BCUT2D eigenvalue weighted by Crippen LogP contribution is -2.28. The van der Waals surface area contributed by atoms with Crippen LogP contribution < -0.4 is 0 Å². The molecule has 0 aliphatic heterocycles. The highest BCUT2D eigenvalue weighted by molar-refractivity contribution is 5.02. The van der Waals surface area contributed by atoms with E-state index in [9.17, 15) is 0 Å². The van der Waals surface area contributed by atoms with Gasteiger partial charge in [-0.15, -0.1) is 0 Å². The summed E-state index contributed by atoms with van der Waals surface area (Å²) in [6, 6.07) is 0. The Bertz CT molecular complexity index is 165. The second-order valence-electron chi connectivity index (χ2n) is 5.60. The quantitative estimate of drug-likeness (QED) is 0.555. The summed E-state index contributed by atoms with van der Waals surface area (Å²) in [5, 5.41) is 0. The van der Waals surface area contributed by atoms with E-state index in [1.165, 1.54) is 19.3 Å². The summed E-state index contributed by atoms with van der Waals surface area (Å²) >= 11 is 0. The fourth-order valence-electron chi connectivity index (χ4n) is 3.49. The van der Waals surface area contributed by atoms with Gasteiger partial charge in [-0.2, -0.15) is 0 Å². The summed E-state index contributed by atoms with van der Waals surface area (Å²) < 4.78 is 0. The van der Waals surface area contributed by atoms with E-state index < -0.39 is 0 Å². The summed E-state index contributed by atoms with van der Waals surface area (Å²) in [6.45, 7) is 7.28. The molecule has 0 amide bonds. The SMILES string of the molecule is CC(C)[C@@H]1CC[C@@H](C)CC12CC2. The molecule has 0 aromatic rings. The van der Waals surface area contributed by atoms with E-state index in [0.717, 1.165) is 23.2 Å². The van der Waals surface area contributed by atoms with Crippen molar-refractivity contribution < 1.29 is 0 Å². The molecule has 0 saturated heterocycles. The van der Waals surface area contributed by atoms with E-state index in [0.29, 0.717) is 0 Å². The maximum Gasteiger partial charge on any atom is -0.0264 e. The molecule has 2 aliphatic rings. The highest BCUT2D eigenvalue weighted by atomic mass is 14.6. The third-order valence-corrected chi connectivity index (χ3v) is 4.21. The lowest BCUT2D eigenvalue weighted by atomic mass is 9.68. The van der Waals surface area contributed by atoms with Crippen molar-refractivity contribution in [1.29, 1.82) is 0 Å². The second-order valence-corrected chi connectivity index (χ2v) is 5.60. The first-order valence-corrected chi connectivity index (χ1v) is 5.64. The van der Waals surface area contributed by atoms with E-state index in [2.05, 4.69) is 20.8 Å². The van der Waals surface area contributed by atoms with Crippen molar-refractivity contribution in [2.75, 3.05) is 0 Å². The standard InChI is InChI=1S/C12H22/c1-9(2)11-5-4-10(3)8-12(11)6-7-12/h9-11H,4-8H2,1-3H3/t10-,11+/m1/s1. The van der Waals surface area contributed by atoms with Crippen LogP contribution >= 0.6 is 0 Å². The highest BCUT2D eigenvalue weighted by Gasteiger charge is 2.52. The minimum absolute atomic E-state index is 0.839. The van der Waals surface area contributed by atoms with Crippen LogP contribution in [0.4, 0.5) is 0 Å². The van der Waals surface area contributed by atoms with Gasteiger partial charge in [-0.25, -0.2) is 0 Å². The fraction of sp³-hybridized carbons (Fsp3) is 1.00. The molecule has 0 bridgehead atoms. The molecule has 0 nitrogen and oxygen atoms in total. The molecule has 12 heavy (non-hydrogen) atoms. The molecule has 1 spiro atoms. The molecule has 2 saturated carbocycles. The minimum Gasteiger partial charge on any atom is -0.0625 e. The molecule has 2 aliphatic carbocycles. The van der Waals surface area contributed by atoms with E-state index in [-0.39, 0.29) is 0 Å². The monoisotopic (exact) mass is 166 g/mol. The molecule has 2 atom stereocenters. The molecule has 0 heterocycles. The Morgan fingerprint density at radius 1 is 1.17 bits per heavy atom. The van der Waals surface area contributed by atoms with E-state index >= 15 is 0 Å². The van der Waals surface area contributed by atoms with Crippen LogP contribution in [0.3, 0.4) is 0 Å². The van der Waals surface area contributed by atoms with Gasteiger partial charge in [0.05, 0.1) is 0 Å². The first kappa shape index (κ1) is 8.59. The van der Waals surface area contributed by atoms with E-state index in [4.69, 9.17) is 0 Å². The number of rotatable bonds is 1. The molecule has 0 heteroatoms. The average molecular weight is 166 g/mol. The molecule has 70 valence electrons. The van der Waals surface area contributed by atoms with Crippen LogP contribution in [-0.2, 0) is 0 Å². The number of hydrogen-bond acceptors (Lipinski definition) is 0. The predicted octanol–water partition coefficient (Wildman–Crippen LogP) is 3.86. The lowest BCUT2D eigenvalue weighted by molar-refractivity contribution is 0.124. The molecule has 2 rings (SSSR count). The zero-order valence-electron chi connectivity index (χ0n) is 8.77. The topological polar surface area (TPSA) is 0 Å². The van der Waals surface area contributed by atoms with Crippen molar-refractivity contribution in [2.45, 2.75) is 52.9 Å². The van der Waals surface area contributed by atoms with Crippen molar-refractivity contribution >= 4 is 0 Å². The summed E-state index contributed by atoms with van der Waals surface area (Å²) in [7, 11) is 0. The summed E-state index contributed by atoms with van der Waals surface area (Å²) in [5.74, 6) is 3.01. The first-order chi connectivity index (χ1) is 5.64. The molecule has 0 aromatic carbocycles. The van der Waals surface area contributed by atoms with Crippen molar-refractivity contribution in [2.24, 2.45) is 23.2 Å². The zero-order chi connectivity index (χ0) is 8.77. The van der Waals surface area contributed by atoms with Gasteiger partial charge in [-0.3, -0.25) is 0 Å². The van der Waals surface area contributed by atoms with Gasteiger partial charge >= 0.3 is 0 Å². The normalized spacial score (nSPS) is 39.0. The number of hydrogen-bond donors (Lipinski definition) is 0. The Hall–Kier alpha value is 0. The van der Waals surface area contributed by atoms with Gasteiger partial charge < -0.3 is 0 Å². The minimum atomic E-state index is 0.839. The maximum absolute atomic E-state index is 2.44. The summed E-state index contributed by atoms with van der Waals surface area (Å²) in [6.07, 6.45) is 7.62. The van der Waals surface area contributed by atoms with Gasteiger partial charge in [0.25, 0.3) is 0 Å². The Morgan fingerprint density at radius 2 is 1.83 bits per heavy atom. The van der Waals surface area contributed by atoms with Crippen LogP contribution in [0, 0.1) is 23.2 Å². The molecule has 0 unspecified atom stereocenters. The smallest absolute Gasteiger partial charge is 0.0264 e. The van der Waals surface area contributed by atoms with Gasteiger partial charge in [-0.05, 0) is 48.9 Å².